The van der Waals surface area contributed by atoms with Gasteiger partial charge in [-0.1, -0.05) is 57.5 Å². The molecule has 2 aromatic carbocycles. The summed E-state index contributed by atoms with van der Waals surface area (Å²) in [5.41, 5.74) is 3.58. The molecule has 0 saturated heterocycles. The second-order valence-electron chi connectivity index (χ2n) is 4.94. The van der Waals surface area contributed by atoms with Crippen molar-refractivity contribution in [3.05, 3.63) is 53.6 Å². The molecule has 0 fully saturated rings. The number of carbonyl (C=O) groups is 1. The van der Waals surface area contributed by atoms with Gasteiger partial charge in [0.05, 0.1) is 19.3 Å². The summed E-state index contributed by atoms with van der Waals surface area (Å²) < 4.78 is 15.4. The first-order chi connectivity index (χ1) is 12.6. The van der Waals surface area contributed by atoms with Crippen LogP contribution in [0.5, 0.6) is 5.75 Å². The summed E-state index contributed by atoms with van der Waals surface area (Å²) in [5, 5.41) is 0. The van der Waals surface area contributed by atoms with E-state index in [9.17, 15) is 4.79 Å². The molecule has 0 N–H and O–H groups in total. The average molecular weight is 360 g/mol. The predicted octanol–water partition coefficient (Wildman–Crippen LogP) is 5.53. The quantitative estimate of drug-likeness (QED) is 0.502. The number of aryl methyl sites for hydroxylation is 1. The van der Waals surface area contributed by atoms with E-state index < -0.39 is 0 Å². The molecule has 144 valence electrons. The summed E-state index contributed by atoms with van der Waals surface area (Å²) in [6.45, 7) is 10.9. The van der Waals surface area contributed by atoms with Gasteiger partial charge in [-0.05, 0) is 36.2 Å². The topological polar surface area (TPSA) is 44.8 Å². The van der Waals surface area contributed by atoms with Crippen molar-refractivity contribution >= 4 is 5.97 Å². The van der Waals surface area contributed by atoms with Crippen LogP contribution in [0.15, 0.2) is 42.5 Å². The molecule has 0 aliphatic rings. The summed E-state index contributed by atoms with van der Waals surface area (Å²) in [4.78, 5) is 11.8. The minimum atomic E-state index is -0.384. The fourth-order valence-electron chi connectivity index (χ4n) is 2.07. The summed E-state index contributed by atoms with van der Waals surface area (Å²) in [6, 6.07) is 13.5. The van der Waals surface area contributed by atoms with Gasteiger partial charge in [0.15, 0.2) is 0 Å². The first kappa shape index (κ1) is 23.7. The minimum Gasteiger partial charge on any atom is -0.491 e. The van der Waals surface area contributed by atoms with Crippen molar-refractivity contribution in [3.8, 4) is 16.9 Å². The molecule has 0 heterocycles. The Morgan fingerprint density at radius 1 is 0.846 bits per heavy atom. The van der Waals surface area contributed by atoms with Crippen LogP contribution in [0.25, 0.3) is 11.1 Å². The number of hydrogen-bond acceptors (Lipinski definition) is 4. The third-order valence-corrected chi connectivity index (χ3v) is 3.27. The van der Waals surface area contributed by atoms with Crippen LogP contribution in [-0.4, -0.2) is 33.4 Å². The Morgan fingerprint density at radius 3 is 2.00 bits per heavy atom. The zero-order valence-electron chi connectivity index (χ0n) is 17.1. The second-order valence-corrected chi connectivity index (χ2v) is 4.94. The van der Waals surface area contributed by atoms with Gasteiger partial charge in [0.2, 0.25) is 0 Å². The van der Waals surface area contributed by atoms with Gasteiger partial charge in [-0.15, -0.1) is 0 Å². The lowest BCUT2D eigenvalue weighted by Crippen LogP contribution is -2.06. The number of methoxy groups -OCH3 is 2. The van der Waals surface area contributed by atoms with E-state index in [4.69, 9.17) is 14.2 Å². The Kier molecular flexibility index (Phi) is 12.7. The van der Waals surface area contributed by atoms with Gasteiger partial charge in [-0.25, -0.2) is 4.79 Å². The average Bonchev–Trinajstić information content (AvgIpc) is 2.71. The third-order valence-electron chi connectivity index (χ3n) is 3.27. The smallest absolute Gasteiger partial charge is 0.338 e. The predicted molar refractivity (Wildman–Crippen MR) is 108 cm³/mol. The molecule has 0 saturated carbocycles. The first-order valence-electron chi connectivity index (χ1n) is 9.06. The van der Waals surface area contributed by atoms with Crippen LogP contribution in [0.4, 0.5) is 0 Å². The van der Waals surface area contributed by atoms with Crippen LogP contribution in [0.2, 0.25) is 0 Å². The van der Waals surface area contributed by atoms with Crippen LogP contribution in [-0.2, 0) is 9.47 Å². The maximum Gasteiger partial charge on any atom is 0.338 e. The number of benzene rings is 2. The van der Waals surface area contributed by atoms with Gasteiger partial charge >= 0.3 is 5.97 Å². The minimum absolute atomic E-state index is 0.384. The number of rotatable bonds is 6. The molecule has 2 aromatic rings. The molecular formula is C22H32O4. The molecule has 0 amide bonds. The molecule has 26 heavy (non-hydrogen) atoms. The molecule has 0 spiro atoms. The third kappa shape index (κ3) is 7.70. The SMILES string of the molecule is CC.CC.COCCOc1cc(C(=O)OC)cc(-c2ccc(C)cc2)c1. The van der Waals surface area contributed by atoms with E-state index in [1.165, 1.54) is 12.7 Å². The van der Waals surface area contributed by atoms with E-state index in [0.717, 1.165) is 11.1 Å². The van der Waals surface area contributed by atoms with Gasteiger partial charge in [-0.2, -0.15) is 0 Å². The Hall–Kier alpha value is -2.33. The Labute approximate surface area is 158 Å². The maximum absolute atomic E-state index is 11.8. The van der Waals surface area contributed by atoms with Crippen LogP contribution in [0.1, 0.15) is 43.6 Å². The van der Waals surface area contributed by atoms with Gasteiger partial charge in [-0.3, -0.25) is 0 Å². The lowest BCUT2D eigenvalue weighted by molar-refractivity contribution is 0.0600. The molecular weight excluding hydrogens is 328 g/mol. The highest BCUT2D eigenvalue weighted by molar-refractivity contribution is 5.91. The van der Waals surface area contributed by atoms with E-state index in [2.05, 4.69) is 0 Å². The van der Waals surface area contributed by atoms with E-state index >= 15 is 0 Å². The van der Waals surface area contributed by atoms with Gasteiger partial charge in [0, 0.05) is 7.11 Å². The fraction of sp³-hybridized carbons (Fsp3) is 0.409. The number of esters is 1. The zero-order valence-corrected chi connectivity index (χ0v) is 17.1. The van der Waals surface area contributed by atoms with Gasteiger partial charge in [0.25, 0.3) is 0 Å². The summed E-state index contributed by atoms with van der Waals surface area (Å²) >= 11 is 0. The Bertz CT molecular complexity index is 633. The molecule has 0 unspecified atom stereocenters. The van der Waals surface area contributed by atoms with Crippen molar-refractivity contribution in [2.45, 2.75) is 34.6 Å². The molecule has 0 aliphatic heterocycles. The lowest BCUT2D eigenvalue weighted by atomic mass is 10.0. The highest BCUT2D eigenvalue weighted by Gasteiger charge is 2.11. The van der Waals surface area contributed by atoms with Crippen molar-refractivity contribution in [2.24, 2.45) is 0 Å². The molecule has 0 bridgehead atoms. The van der Waals surface area contributed by atoms with Crippen LogP contribution in [0, 0.1) is 6.92 Å². The summed E-state index contributed by atoms with van der Waals surface area (Å²) in [5.74, 6) is 0.237. The standard InChI is InChI=1S/C18H20O4.2C2H6/c1-13-4-6-14(7-5-13)15-10-16(18(19)21-3)12-17(11-15)22-9-8-20-2;2*1-2/h4-7,10-12H,8-9H2,1-3H3;2*1-2H3. The fourth-order valence-corrected chi connectivity index (χ4v) is 2.07. The van der Waals surface area contributed by atoms with E-state index in [0.29, 0.717) is 24.5 Å². The largest absolute Gasteiger partial charge is 0.491 e. The van der Waals surface area contributed by atoms with E-state index in [1.54, 1.807) is 19.2 Å². The highest BCUT2D eigenvalue weighted by atomic mass is 16.5. The second kappa shape index (κ2) is 13.9. The maximum atomic E-state index is 11.8. The van der Waals surface area contributed by atoms with E-state index in [-0.39, 0.29) is 5.97 Å². The van der Waals surface area contributed by atoms with Crippen molar-refractivity contribution in [3.63, 3.8) is 0 Å². The van der Waals surface area contributed by atoms with Crippen molar-refractivity contribution < 1.29 is 19.0 Å². The molecule has 0 aliphatic carbocycles. The molecule has 0 aromatic heterocycles. The lowest BCUT2D eigenvalue weighted by Gasteiger charge is -2.11. The normalized spacial score (nSPS) is 9.19. The Morgan fingerprint density at radius 2 is 1.46 bits per heavy atom. The highest BCUT2D eigenvalue weighted by Crippen LogP contribution is 2.27. The zero-order chi connectivity index (χ0) is 19.9. The first-order valence-corrected chi connectivity index (χ1v) is 9.06. The van der Waals surface area contributed by atoms with Gasteiger partial charge in [0.1, 0.15) is 12.4 Å². The summed E-state index contributed by atoms with van der Waals surface area (Å²) in [6.07, 6.45) is 0. The number of carbonyl (C=O) groups excluding carboxylic acids is 1. The molecule has 4 nitrogen and oxygen atoms in total. The molecule has 0 radical (unpaired) electrons. The van der Waals surface area contributed by atoms with Crippen molar-refractivity contribution in [2.75, 3.05) is 27.4 Å². The van der Waals surface area contributed by atoms with Crippen molar-refractivity contribution in [1.82, 2.24) is 0 Å². The molecule has 2 rings (SSSR count). The van der Waals surface area contributed by atoms with Crippen LogP contribution >= 0.6 is 0 Å². The van der Waals surface area contributed by atoms with Crippen LogP contribution in [0.3, 0.4) is 0 Å². The van der Waals surface area contributed by atoms with E-state index in [1.807, 2.05) is 65.0 Å². The monoisotopic (exact) mass is 360 g/mol. The van der Waals surface area contributed by atoms with Crippen LogP contribution < -0.4 is 4.74 Å². The van der Waals surface area contributed by atoms with Crippen molar-refractivity contribution in [1.29, 1.82) is 0 Å². The number of ether oxygens (including phenoxy) is 3. The van der Waals surface area contributed by atoms with Gasteiger partial charge < -0.3 is 14.2 Å². The molecule has 4 heteroatoms. The number of hydrogen-bond donors (Lipinski definition) is 0. The Balaban J connectivity index is 0.00000146. The molecule has 0 atom stereocenters. The summed E-state index contributed by atoms with van der Waals surface area (Å²) in [7, 11) is 2.98.